The second-order valence-corrected chi connectivity index (χ2v) is 10.3. The molecule has 2 aromatic carbocycles. The molecular weight excluding hydrogens is 549 g/mol. The summed E-state index contributed by atoms with van der Waals surface area (Å²) in [6, 6.07) is 16.5. The van der Waals surface area contributed by atoms with Gasteiger partial charge in [-0.15, -0.1) is 0 Å². The maximum absolute atomic E-state index is 13.3. The molecule has 2 aromatic heterocycles. The highest BCUT2D eigenvalue weighted by atomic mass is 19.4. The molecule has 1 amide bonds. The molecule has 1 saturated heterocycles. The van der Waals surface area contributed by atoms with E-state index in [4.69, 9.17) is 4.74 Å². The number of carbonyl (C=O) groups excluding carboxylic acids is 2. The molecule has 1 fully saturated rings. The van der Waals surface area contributed by atoms with Crippen LogP contribution in [0.2, 0.25) is 0 Å². The first-order valence-electron chi connectivity index (χ1n) is 13.4. The van der Waals surface area contributed by atoms with Gasteiger partial charge in [-0.2, -0.15) is 13.2 Å². The molecule has 4 heterocycles. The molecule has 0 aliphatic carbocycles. The van der Waals surface area contributed by atoms with Crippen LogP contribution >= 0.6 is 0 Å². The smallest absolute Gasteiger partial charge is 0.419 e. The van der Waals surface area contributed by atoms with Gasteiger partial charge in [0.15, 0.2) is 0 Å². The van der Waals surface area contributed by atoms with Crippen LogP contribution in [0.15, 0.2) is 67.0 Å². The highest BCUT2D eigenvalue weighted by Crippen LogP contribution is 2.38. The van der Waals surface area contributed by atoms with Crippen LogP contribution in [0.3, 0.4) is 0 Å². The van der Waals surface area contributed by atoms with E-state index in [1.54, 1.807) is 23.7 Å². The van der Waals surface area contributed by atoms with Crippen LogP contribution in [0.4, 0.5) is 30.5 Å². The molecule has 6 rings (SSSR count). The Balaban J connectivity index is 1.15. The van der Waals surface area contributed by atoms with Crippen molar-refractivity contribution in [3.8, 4) is 16.9 Å². The number of rotatable bonds is 5. The van der Waals surface area contributed by atoms with Gasteiger partial charge in [0, 0.05) is 62.1 Å². The number of hydrogen-bond acceptors (Lipinski definition) is 7. The van der Waals surface area contributed by atoms with Crippen molar-refractivity contribution in [1.29, 1.82) is 0 Å². The SMILES string of the molecule is Cc1cc(-c2ccccc2)c(C(=O)C(=O)Nc2ccc3c(c2)OCC2CN(c4ncc(C(F)(F)F)cn4)CCN32)n1C. The van der Waals surface area contributed by atoms with Crippen LogP contribution in [-0.4, -0.2) is 58.5 Å². The molecule has 1 unspecified atom stereocenters. The zero-order valence-electron chi connectivity index (χ0n) is 22.9. The zero-order valence-corrected chi connectivity index (χ0v) is 22.9. The van der Waals surface area contributed by atoms with Crippen molar-refractivity contribution >= 4 is 29.0 Å². The van der Waals surface area contributed by atoms with Crippen molar-refractivity contribution in [2.75, 3.05) is 41.4 Å². The van der Waals surface area contributed by atoms with E-state index < -0.39 is 23.4 Å². The number of nitrogens with zero attached hydrogens (tertiary/aromatic N) is 5. The number of Topliss-reactive ketones (excluding diaryl/α,β-unsaturated/α-hetero) is 1. The number of hydrogen-bond donors (Lipinski definition) is 1. The Morgan fingerprint density at radius 1 is 1.02 bits per heavy atom. The number of anilines is 3. The number of ether oxygens (including phenoxy) is 1. The normalized spacial score (nSPS) is 16.4. The van der Waals surface area contributed by atoms with E-state index >= 15 is 0 Å². The van der Waals surface area contributed by atoms with E-state index in [1.807, 2.05) is 54.3 Å². The molecule has 216 valence electrons. The molecule has 1 N–H and O–H groups in total. The molecular formula is C30H27F3N6O3. The van der Waals surface area contributed by atoms with Crippen molar-refractivity contribution in [3.05, 3.63) is 83.9 Å². The van der Waals surface area contributed by atoms with Crippen LogP contribution < -0.4 is 19.9 Å². The summed E-state index contributed by atoms with van der Waals surface area (Å²) >= 11 is 0. The van der Waals surface area contributed by atoms with Gasteiger partial charge in [-0.1, -0.05) is 30.3 Å². The third kappa shape index (κ3) is 5.04. The van der Waals surface area contributed by atoms with Gasteiger partial charge < -0.3 is 24.4 Å². The van der Waals surface area contributed by atoms with E-state index in [-0.39, 0.29) is 12.0 Å². The number of carbonyl (C=O) groups is 2. The van der Waals surface area contributed by atoms with Gasteiger partial charge in [-0.05, 0) is 30.7 Å². The van der Waals surface area contributed by atoms with Crippen LogP contribution in [0.5, 0.6) is 5.75 Å². The fourth-order valence-corrected chi connectivity index (χ4v) is 5.40. The first kappa shape index (κ1) is 27.3. The topological polar surface area (TPSA) is 92.6 Å². The maximum atomic E-state index is 13.3. The summed E-state index contributed by atoms with van der Waals surface area (Å²) < 4.78 is 46.4. The van der Waals surface area contributed by atoms with Crippen molar-refractivity contribution in [1.82, 2.24) is 14.5 Å². The average Bonchev–Trinajstić information content (AvgIpc) is 3.29. The maximum Gasteiger partial charge on any atom is 0.419 e. The Labute approximate surface area is 239 Å². The van der Waals surface area contributed by atoms with Gasteiger partial charge in [0.1, 0.15) is 18.1 Å². The van der Waals surface area contributed by atoms with E-state index in [1.165, 1.54) is 0 Å². The molecule has 9 nitrogen and oxygen atoms in total. The molecule has 4 aromatic rings. The predicted octanol–water partition coefficient (Wildman–Crippen LogP) is 4.72. The monoisotopic (exact) mass is 576 g/mol. The molecule has 0 radical (unpaired) electrons. The molecule has 0 saturated carbocycles. The fourth-order valence-electron chi connectivity index (χ4n) is 5.40. The van der Waals surface area contributed by atoms with Crippen LogP contribution in [0.1, 0.15) is 21.7 Å². The minimum Gasteiger partial charge on any atom is -0.489 e. The number of amides is 1. The number of nitrogens with one attached hydrogen (secondary N) is 1. The Kier molecular flexibility index (Phi) is 6.83. The number of aryl methyl sites for hydroxylation is 1. The van der Waals surface area contributed by atoms with E-state index in [0.717, 1.165) is 29.3 Å². The second-order valence-electron chi connectivity index (χ2n) is 10.3. The van der Waals surface area contributed by atoms with Gasteiger partial charge in [-0.25, -0.2) is 9.97 Å². The Hall–Kier alpha value is -4.87. The summed E-state index contributed by atoms with van der Waals surface area (Å²) in [4.78, 5) is 38.3. The molecule has 2 aliphatic heterocycles. The third-order valence-electron chi connectivity index (χ3n) is 7.67. The lowest BCUT2D eigenvalue weighted by molar-refractivity contribution is -0.138. The summed E-state index contributed by atoms with van der Waals surface area (Å²) in [5.41, 5.74) is 3.06. The summed E-state index contributed by atoms with van der Waals surface area (Å²) in [5, 5.41) is 2.72. The highest BCUT2D eigenvalue weighted by molar-refractivity contribution is 6.47. The molecule has 0 spiro atoms. The third-order valence-corrected chi connectivity index (χ3v) is 7.67. The van der Waals surface area contributed by atoms with Crippen molar-refractivity contribution in [2.24, 2.45) is 7.05 Å². The number of alkyl halides is 3. The number of ketones is 1. The second kappa shape index (κ2) is 10.5. The highest BCUT2D eigenvalue weighted by Gasteiger charge is 2.35. The van der Waals surface area contributed by atoms with Crippen LogP contribution in [0, 0.1) is 6.92 Å². The van der Waals surface area contributed by atoms with Gasteiger partial charge in [0.2, 0.25) is 5.95 Å². The quantitative estimate of drug-likeness (QED) is 0.272. The predicted molar refractivity (Wildman–Crippen MR) is 151 cm³/mol. The van der Waals surface area contributed by atoms with Crippen LogP contribution in [-0.2, 0) is 18.0 Å². The summed E-state index contributed by atoms with van der Waals surface area (Å²) in [6.45, 7) is 3.76. The van der Waals surface area contributed by atoms with Gasteiger partial charge in [0.25, 0.3) is 11.7 Å². The fraction of sp³-hybridized carbons (Fsp3) is 0.267. The molecule has 12 heteroatoms. The lowest BCUT2D eigenvalue weighted by Gasteiger charge is -2.45. The molecule has 1 atom stereocenters. The van der Waals surface area contributed by atoms with Gasteiger partial charge in [-0.3, -0.25) is 9.59 Å². The average molecular weight is 577 g/mol. The molecule has 2 aliphatic rings. The van der Waals surface area contributed by atoms with Crippen LogP contribution in [0.25, 0.3) is 11.1 Å². The largest absolute Gasteiger partial charge is 0.489 e. The number of piperazine rings is 1. The summed E-state index contributed by atoms with van der Waals surface area (Å²) in [7, 11) is 1.76. The lowest BCUT2D eigenvalue weighted by atomic mass is 10.0. The minimum atomic E-state index is -4.49. The Bertz CT molecular complexity index is 1650. The lowest BCUT2D eigenvalue weighted by Crippen LogP contribution is -2.57. The molecule has 42 heavy (non-hydrogen) atoms. The van der Waals surface area contributed by atoms with Crippen molar-refractivity contribution < 1.29 is 27.5 Å². The standard InChI is InChI=1S/C30H27F3N6O3/c1-18-12-23(19-6-4-3-5-7-19)26(37(18)2)27(40)28(41)36-21-8-9-24-25(13-21)42-17-22-16-38(10-11-39(22)24)29-34-14-20(15-35-29)30(31,32)33/h3-9,12-15,22H,10-11,16-17H2,1-2H3,(H,36,41). The summed E-state index contributed by atoms with van der Waals surface area (Å²) in [5.74, 6) is -0.604. The first-order valence-corrected chi connectivity index (χ1v) is 13.4. The number of benzene rings is 2. The zero-order chi connectivity index (χ0) is 29.6. The Morgan fingerprint density at radius 2 is 1.76 bits per heavy atom. The van der Waals surface area contributed by atoms with E-state index in [9.17, 15) is 22.8 Å². The van der Waals surface area contributed by atoms with E-state index in [2.05, 4.69) is 20.2 Å². The minimum absolute atomic E-state index is 0.0730. The van der Waals surface area contributed by atoms with Crippen molar-refractivity contribution in [3.63, 3.8) is 0 Å². The van der Waals surface area contributed by atoms with E-state index in [0.29, 0.717) is 48.9 Å². The first-order chi connectivity index (χ1) is 20.1. The number of aromatic nitrogens is 3. The number of fused-ring (bicyclic) bond motifs is 3. The Morgan fingerprint density at radius 3 is 2.48 bits per heavy atom. The van der Waals surface area contributed by atoms with Gasteiger partial charge in [0.05, 0.1) is 17.3 Å². The van der Waals surface area contributed by atoms with Crippen molar-refractivity contribution in [2.45, 2.75) is 19.1 Å². The summed E-state index contributed by atoms with van der Waals surface area (Å²) in [6.07, 6.45) is -2.90. The van der Waals surface area contributed by atoms with Gasteiger partial charge >= 0.3 is 6.18 Å². The number of halogens is 3. The molecule has 0 bridgehead atoms.